The molecular formula is C25H26N4O5S. The highest BCUT2D eigenvalue weighted by atomic mass is 32.2. The van der Waals surface area contributed by atoms with Crippen LogP contribution in [0.3, 0.4) is 0 Å². The number of carbonyl (C=O) groups excluding carboxylic acids is 2. The van der Waals surface area contributed by atoms with Gasteiger partial charge >= 0.3 is 12.1 Å². The van der Waals surface area contributed by atoms with Crippen LogP contribution in [0.1, 0.15) is 34.0 Å². The number of hydrogen-bond donors (Lipinski definition) is 3. The van der Waals surface area contributed by atoms with Gasteiger partial charge in [0.15, 0.2) is 0 Å². The van der Waals surface area contributed by atoms with E-state index in [-0.39, 0.29) is 30.3 Å². The van der Waals surface area contributed by atoms with E-state index >= 15 is 0 Å². The molecule has 1 aromatic heterocycles. The summed E-state index contributed by atoms with van der Waals surface area (Å²) in [5.74, 6) is -1.29. The average Bonchev–Trinajstić information content (AvgIpc) is 3.37. The first-order valence-electron chi connectivity index (χ1n) is 11.1. The summed E-state index contributed by atoms with van der Waals surface area (Å²) >= 11 is 1.49. The molecule has 3 aromatic rings. The minimum atomic E-state index is -1.12. The van der Waals surface area contributed by atoms with E-state index in [0.29, 0.717) is 5.75 Å². The number of nitrogens with one attached hydrogen (secondary N) is 2. The van der Waals surface area contributed by atoms with Gasteiger partial charge in [-0.1, -0.05) is 48.5 Å². The summed E-state index contributed by atoms with van der Waals surface area (Å²) in [5.41, 5.74) is 4.60. The zero-order chi connectivity index (χ0) is 24.9. The van der Waals surface area contributed by atoms with E-state index in [0.717, 1.165) is 22.3 Å². The van der Waals surface area contributed by atoms with Crippen molar-refractivity contribution in [3.63, 3.8) is 0 Å². The molecule has 1 heterocycles. The minimum absolute atomic E-state index is 0.0360. The maximum Gasteiger partial charge on any atom is 0.411 e. The molecule has 1 aliphatic rings. The molecule has 1 atom stereocenters. The van der Waals surface area contributed by atoms with Gasteiger partial charge in [0.05, 0.1) is 11.9 Å². The molecule has 0 fully saturated rings. The summed E-state index contributed by atoms with van der Waals surface area (Å²) in [6, 6.07) is 15.0. The van der Waals surface area contributed by atoms with Gasteiger partial charge < -0.3 is 15.2 Å². The highest BCUT2D eigenvalue weighted by Crippen LogP contribution is 2.44. The molecule has 0 aliphatic heterocycles. The molecule has 3 N–H and O–H groups in total. The third-order valence-electron chi connectivity index (χ3n) is 5.95. The summed E-state index contributed by atoms with van der Waals surface area (Å²) in [6.45, 7) is 0.122. The molecule has 0 unspecified atom stereocenters. The van der Waals surface area contributed by atoms with Crippen molar-refractivity contribution in [2.24, 2.45) is 7.05 Å². The lowest BCUT2D eigenvalue weighted by Crippen LogP contribution is -2.42. The van der Waals surface area contributed by atoms with Gasteiger partial charge in [0.25, 0.3) is 5.91 Å². The van der Waals surface area contributed by atoms with Crippen molar-refractivity contribution < 1.29 is 24.2 Å². The van der Waals surface area contributed by atoms with Gasteiger partial charge in [-0.15, -0.1) is 0 Å². The predicted molar refractivity (Wildman–Crippen MR) is 134 cm³/mol. The Labute approximate surface area is 206 Å². The number of fused-ring (bicyclic) bond motifs is 3. The maximum atomic E-state index is 12.8. The topological polar surface area (TPSA) is 123 Å². The first kappa shape index (κ1) is 24.3. The number of anilines is 1. The van der Waals surface area contributed by atoms with Crippen molar-refractivity contribution in [3.05, 3.63) is 71.5 Å². The second-order valence-corrected chi connectivity index (χ2v) is 9.11. The fraction of sp³-hybridized carbons (Fsp3) is 0.280. The third-order valence-corrected chi connectivity index (χ3v) is 6.59. The molecule has 0 saturated carbocycles. The Hall–Kier alpha value is -3.79. The zero-order valence-corrected chi connectivity index (χ0v) is 20.2. The number of amides is 2. The van der Waals surface area contributed by atoms with E-state index in [2.05, 4.69) is 27.9 Å². The molecule has 182 valence electrons. The molecule has 1 aliphatic carbocycles. The summed E-state index contributed by atoms with van der Waals surface area (Å²) < 4.78 is 6.82. The van der Waals surface area contributed by atoms with Crippen LogP contribution in [0, 0.1) is 0 Å². The molecule has 35 heavy (non-hydrogen) atoms. The Kier molecular flexibility index (Phi) is 7.40. The summed E-state index contributed by atoms with van der Waals surface area (Å²) in [6.07, 6.45) is 2.73. The molecule has 2 aromatic carbocycles. The smallest absolute Gasteiger partial charge is 0.411 e. The normalized spacial score (nSPS) is 13.0. The van der Waals surface area contributed by atoms with Gasteiger partial charge in [0.1, 0.15) is 18.3 Å². The second-order valence-electron chi connectivity index (χ2n) is 8.13. The summed E-state index contributed by atoms with van der Waals surface area (Å²) in [5, 5.41) is 18.5. The van der Waals surface area contributed by atoms with Crippen molar-refractivity contribution >= 4 is 35.4 Å². The zero-order valence-electron chi connectivity index (χ0n) is 19.4. The van der Waals surface area contributed by atoms with Crippen LogP contribution in [0.4, 0.5) is 10.5 Å². The van der Waals surface area contributed by atoms with Crippen LogP contribution in [0.25, 0.3) is 11.1 Å². The van der Waals surface area contributed by atoms with Crippen molar-refractivity contribution in [3.8, 4) is 11.1 Å². The third kappa shape index (κ3) is 5.17. The number of thioether (sulfide) groups is 1. The number of aryl methyl sites for hydroxylation is 1. The molecule has 10 heteroatoms. The summed E-state index contributed by atoms with van der Waals surface area (Å²) in [7, 11) is 1.54. The lowest BCUT2D eigenvalue weighted by Gasteiger charge is -2.16. The second kappa shape index (κ2) is 10.6. The van der Waals surface area contributed by atoms with E-state index in [1.807, 2.05) is 42.7 Å². The molecule has 0 radical (unpaired) electrons. The van der Waals surface area contributed by atoms with Crippen molar-refractivity contribution in [2.45, 2.75) is 18.4 Å². The van der Waals surface area contributed by atoms with Gasteiger partial charge in [-0.2, -0.15) is 16.9 Å². The van der Waals surface area contributed by atoms with Crippen LogP contribution < -0.4 is 10.6 Å². The van der Waals surface area contributed by atoms with Gasteiger partial charge in [0.2, 0.25) is 0 Å². The average molecular weight is 495 g/mol. The largest absolute Gasteiger partial charge is 0.480 e. The quantitative estimate of drug-likeness (QED) is 0.414. The number of rotatable bonds is 9. The van der Waals surface area contributed by atoms with E-state index in [9.17, 15) is 19.5 Å². The highest BCUT2D eigenvalue weighted by Gasteiger charge is 2.30. The number of carboxylic acid groups (broad SMARTS) is 1. The Morgan fingerprint density at radius 1 is 1.11 bits per heavy atom. The highest BCUT2D eigenvalue weighted by molar-refractivity contribution is 7.98. The first-order valence-corrected chi connectivity index (χ1v) is 12.5. The Bertz CT molecular complexity index is 1210. The van der Waals surface area contributed by atoms with Crippen LogP contribution in [0.15, 0.2) is 54.7 Å². The Morgan fingerprint density at radius 2 is 1.74 bits per heavy atom. The number of carboxylic acids is 1. The molecule has 0 spiro atoms. The molecule has 0 saturated heterocycles. The number of aromatic nitrogens is 2. The van der Waals surface area contributed by atoms with Crippen molar-refractivity contribution in [2.75, 3.05) is 23.9 Å². The van der Waals surface area contributed by atoms with Crippen LogP contribution in [-0.2, 0) is 16.6 Å². The van der Waals surface area contributed by atoms with E-state index in [1.165, 1.54) is 29.7 Å². The van der Waals surface area contributed by atoms with E-state index in [4.69, 9.17) is 4.74 Å². The SMILES string of the molecule is CSCC[C@H](NC(=O)c1c(NC(=O)OCC2c3ccccc3-c3ccccc32)cnn1C)C(=O)O. The van der Waals surface area contributed by atoms with Gasteiger partial charge in [-0.25, -0.2) is 9.59 Å². The van der Waals surface area contributed by atoms with Crippen molar-refractivity contribution in [1.29, 1.82) is 0 Å². The fourth-order valence-electron chi connectivity index (χ4n) is 4.26. The standard InChI is InChI=1S/C25H26N4O5S/c1-29-22(23(30)27-20(24(31)32)11-12-35-2)21(13-26-29)28-25(33)34-14-19-17-9-5-3-7-15(17)16-8-4-6-10-18(16)19/h3-10,13,19-20H,11-12,14H2,1-2H3,(H,27,30)(H,28,33)(H,31,32)/t20-/m0/s1. The fourth-order valence-corrected chi connectivity index (χ4v) is 4.73. The maximum absolute atomic E-state index is 12.8. The van der Waals surface area contributed by atoms with Gasteiger partial charge in [0, 0.05) is 13.0 Å². The lowest BCUT2D eigenvalue weighted by atomic mass is 9.98. The number of carbonyl (C=O) groups is 3. The lowest BCUT2D eigenvalue weighted by molar-refractivity contribution is -0.139. The van der Waals surface area contributed by atoms with Crippen LogP contribution >= 0.6 is 11.8 Å². The van der Waals surface area contributed by atoms with Crippen LogP contribution in [-0.4, -0.2) is 57.5 Å². The van der Waals surface area contributed by atoms with Gasteiger partial charge in [-0.05, 0) is 40.7 Å². The number of nitrogens with zero attached hydrogens (tertiary/aromatic N) is 2. The van der Waals surface area contributed by atoms with Crippen LogP contribution in [0.2, 0.25) is 0 Å². The number of aliphatic carboxylic acids is 1. The summed E-state index contributed by atoms with van der Waals surface area (Å²) in [4.78, 5) is 37.0. The molecule has 2 amide bonds. The Balaban J connectivity index is 1.44. The van der Waals surface area contributed by atoms with Crippen molar-refractivity contribution in [1.82, 2.24) is 15.1 Å². The molecule has 0 bridgehead atoms. The monoisotopic (exact) mass is 494 g/mol. The van der Waals surface area contributed by atoms with E-state index in [1.54, 1.807) is 0 Å². The van der Waals surface area contributed by atoms with Crippen LogP contribution in [0.5, 0.6) is 0 Å². The number of benzene rings is 2. The predicted octanol–water partition coefficient (Wildman–Crippen LogP) is 3.72. The Morgan fingerprint density at radius 3 is 2.34 bits per heavy atom. The first-order chi connectivity index (χ1) is 16.9. The minimum Gasteiger partial charge on any atom is -0.480 e. The molecule has 9 nitrogen and oxygen atoms in total. The number of hydrogen-bond acceptors (Lipinski definition) is 6. The van der Waals surface area contributed by atoms with Gasteiger partial charge in [-0.3, -0.25) is 14.8 Å². The number of ether oxygens (including phenoxy) is 1. The molecule has 4 rings (SSSR count). The molecular weight excluding hydrogens is 468 g/mol. The van der Waals surface area contributed by atoms with E-state index < -0.39 is 24.0 Å².